The van der Waals surface area contributed by atoms with Gasteiger partial charge in [-0.3, -0.25) is 0 Å². The van der Waals surface area contributed by atoms with Crippen molar-refractivity contribution in [3.63, 3.8) is 0 Å². The van der Waals surface area contributed by atoms with E-state index in [4.69, 9.17) is 4.74 Å². The van der Waals surface area contributed by atoms with Crippen LogP contribution in [0.4, 0.5) is 0 Å². The van der Waals surface area contributed by atoms with Crippen LogP contribution >= 0.6 is 31.9 Å². The Balaban J connectivity index is 2.64. The number of hydrogen-bond donors (Lipinski definition) is 0. The molecule has 0 aliphatic carbocycles. The van der Waals surface area contributed by atoms with Gasteiger partial charge in [0.25, 0.3) is 0 Å². The SMILES string of the molecule is CC(C)COCCC(CBr)(CBr)c1ccccc1. The van der Waals surface area contributed by atoms with Gasteiger partial charge in [-0.15, -0.1) is 0 Å². The molecule has 3 heteroatoms. The van der Waals surface area contributed by atoms with Crippen molar-refractivity contribution >= 4 is 31.9 Å². The van der Waals surface area contributed by atoms with Crippen LogP contribution < -0.4 is 0 Å². The number of alkyl halides is 2. The minimum Gasteiger partial charge on any atom is -0.381 e. The van der Waals surface area contributed by atoms with E-state index >= 15 is 0 Å². The van der Waals surface area contributed by atoms with E-state index in [1.54, 1.807) is 0 Å². The van der Waals surface area contributed by atoms with Gasteiger partial charge >= 0.3 is 0 Å². The molecule has 0 bridgehead atoms. The van der Waals surface area contributed by atoms with Gasteiger partial charge in [0.2, 0.25) is 0 Å². The van der Waals surface area contributed by atoms with Gasteiger partial charge in [-0.2, -0.15) is 0 Å². The van der Waals surface area contributed by atoms with Gasteiger partial charge in [-0.1, -0.05) is 76.0 Å². The summed E-state index contributed by atoms with van der Waals surface area (Å²) in [6.45, 7) is 6.01. The van der Waals surface area contributed by atoms with Crippen LogP contribution in [0.1, 0.15) is 25.8 Å². The van der Waals surface area contributed by atoms with Crippen molar-refractivity contribution in [1.29, 1.82) is 0 Å². The van der Waals surface area contributed by atoms with Crippen molar-refractivity contribution in [1.82, 2.24) is 0 Å². The van der Waals surface area contributed by atoms with Gasteiger partial charge in [-0.05, 0) is 17.9 Å². The third kappa shape index (κ3) is 4.67. The first-order valence-electron chi connectivity index (χ1n) is 6.40. The van der Waals surface area contributed by atoms with Crippen LogP contribution in [-0.2, 0) is 10.2 Å². The fourth-order valence-electron chi connectivity index (χ4n) is 1.85. The van der Waals surface area contributed by atoms with Crippen LogP contribution in [0.2, 0.25) is 0 Å². The van der Waals surface area contributed by atoms with Crippen LogP contribution in [0.5, 0.6) is 0 Å². The molecule has 0 aliphatic rings. The zero-order valence-electron chi connectivity index (χ0n) is 11.2. The minimum atomic E-state index is 0.123. The molecule has 0 spiro atoms. The maximum Gasteiger partial charge on any atom is 0.0488 e. The summed E-state index contributed by atoms with van der Waals surface area (Å²) in [5.74, 6) is 0.601. The summed E-state index contributed by atoms with van der Waals surface area (Å²) in [6, 6.07) is 10.7. The molecule has 0 N–H and O–H groups in total. The van der Waals surface area contributed by atoms with Gasteiger partial charge in [0.1, 0.15) is 0 Å². The Morgan fingerprint density at radius 3 is 2.22 bits per heavy atom. The molecule has 0 amide bonds. The molecule has 1 rings (SSSR count). The molecule has 0 aromatic heterocycles. The smallest absolute Gasteiger partial charge is 0.0488 e. The molecule has 0 aliphatic heterocycles. The monoisotopic (exact) mass is 376 g/mol. The van der Waals surface area contributed by atoms with E-state index in [9.17, 15) is 0 Å². The molecule has 1 aromatic carbocycles. The highest BCUT2D eigenvalue weighted by Crippen LogP contribution is 2.32. The third-order valence-electron chi connectivity index (χ3n) is 3.07. The van der Waals surface area contributed by atoms with Crippen molar-refractivity contribution in [2.45, 2.75) is 25.7 Å². The molecule has 102 valence electrons. The number of halogens is 2. The largest absolute Gasteiger partial charge is 0.381 e. The molecule has 0 saturated heterocycles. The Hall–Kier alpha value is 0.140. The molecular formula is C15H22Br2O. The Labute approximate surface area is 128 Å². The summed E-state index contributed by atoms with van der Waals surface area (Å²) in [5.41, 5.74) is 1.49. The van der Waals surface area contributed by atoms with Crippen molar-refractivity contribution in [2.75, 3.05) is 23.9 Å². The van der Waals surface area contributed by atoms with Crippen LogP contribution in [0, 0.1) is 5.92 Å². The van der Waals surface area contributed by atoms with Crippen molar-refractivity contribution < 1.29 is 4.74 Å². The molecular weight excluding hydrogens is 356 g/mol. The number of benzene rings is 1. The Morgan fingerprint density at radius 2 is 1.72 bits per heavy atom. The van der Waals surface area contributed by atoms with Gasteiger partial charge < -0.3 is 4.74 Å². The minimum absolute atomic E-state index is 0.123. The highest BCUT2D eigenvalue weighted by Gasteiger charge is 2.29. The fraction of sp³-hybridized carbons (Fsp3) is 0.600. The lowest BCUT2D eigenvalue weighted by atomic mass is 9.82. The first kappa shape index (κ1) is 16.2. The molecule has 0 radical (unpaired) electrons. The lowest BCUT2D eigenvalue weighted by molar-refractivity contribution is 0.0975. The lowest BCUT2D eigenvalue weighted by Gasteiger charge is -2.30. The second kappa shape index (κ2) is 8.34. The fourth-order valence-corrected chi connectivity index (χ4v) is 3.98. The molecule has 18 heavy (non-hydrogen) atoms. The first-order valence-corrected chi connectivity index (χ1v) is 8.64. The predicted octanol–water partition coefficient (Wildman–Crippen LogP) is 4.78. The van der Waals surface area contributed by atoms with E-state index in [2.05, 4.69) is 76.0 Å². The summed E-state index contributed by atoms with van der Waals surface area (Å²) in [5, 5.41) is 1.89. The number of hydrogen-bond acceptors (Lipinski definition) is 1. The van der Waals surface area contributed by atoms with E-state index in [0.29, 0.717) is 5.92 Å². The third-order valence-corrected chi connectivity index (χ3v) is 5.22. The van der Waals surface area contributed by atoms with E-state index < -0.39 is 0 Å². The van der Waals surface area contributed by atoms with Crippen LogP contribution in [0.15, 0.2) is 30.3 Å². The summed E-state index contributed by atoms with van der Waals surface area (Å²) >= 11 is 7.33. The molecule has 0 atom stereocenters. The zero-order valence-corrected chi connectivity index (χ0v) is 14.3. The van der Waals surface area contributed by atoms with E-state index in [1.807, 2.05) is 0 Å². The maximum absolute atomic E-state index is 5.73. The van der Waals surface area contributed by atoms with Gasteiger partial charge in [0.05, 0.1) is 0 Å². The van der Waals surface area contributed by atoms with Crippen LogP contribution in [0.3, 0.4) is 0 Å². The zero-order chi connectivity index (χ0) is 13.4. The van der Waals surface area contributed by atoms with Crippen molar-refractivity contribution in [3.05, 3.63) is 35.9 Å². The Morgan fingerprint density at radius 1 is 1.11 bits per heavy atom. The molecule has 0 saturated carbocycles. The highest BCUT2D eigenvalue weighted by molar-refractivity contribution is 9.09. The van der Waals surface area contributed by atoms with Gasteiger partial charge in [0, 0.05) is 29.3 Å². The van der Waals surface area contributed by atoms with E-state index in [-0.39, 0.29) is 5.41 Å². The van der Waals surface area contributed by atoms with E-state index in [0.717, 1.165) is 30.3 Å². The lowest BCUT2D eigenvalue weighted by Crippen LogP contribution is -2.32. The Kier molecular flexibility index (Phi) is 7.50. The van der Waals surface area contributed by atoms with Crippen LogP contribution in [0.25, 0.3) is 0 Å². The average molecular weight is 378 g/mol. The van der Waals surface area contributed by atoms with Crippen molar-refractivity contribution in [3.8, 4) is 0 Å². The topological polar surface area (TPSA) is 9.23 Å². The summed E-state index contributed by atoms with van der Waals surface area (Å²) < 4.78 is 5.73. The molecule has 0 heterocycles. The molecule has 1 nitrogen and oxygen atoms in total. The Bertz CT molecular complexity index is 321. The summed E-state index contributed by atoms with van der Waals surface area (Å²) in [6.07, 6.45) is 1.03. The van der Waals surface area contributed by atoms with E-state index in [1.165, 1.54) is 5.56 Å². The maximum atomic E-state index is 5.73. The molecule has 0 fully saturated rings. The second-order valence-electron chi connectivity index (χ2n) is 5.13. The number of rotatable bonds is 8. The molecule has 1 aromatic rings. The second-order valence-corrected chi connectivity index (χ2v) is 6.25. The van der Waals surface area contributed by atoms with Gasteiger partial charge in [0.15, 0.2) is 0 Å². The average Bonchev–Trinajstić information content (AvgIpc) is 2.40. The standard InChI is InChI=1S/C15H22Br2O/c1-13(2)10-18-9-8-15(11-16,12-17)14-6-4-3-5-7-14/h3-7,13H,8-12H2,1-2H3. The number of ether oxygens (including phenoxy) is 1. The first-order chi connectivity index (χ1) is 8.64. The molecule has 0 unspecified atom stereocenters. The van der Waals surface area contributed by atoms with Crippen LogP contribution in [-0.4, -0.2) is 23.9 Å². The summed E-state index contributed by atoms with van der Waals surface area (Å²) in [4.78, 5) is 0. The van der Waals surface area contributed by atoms with Gasteiger partial charge in [-0.25, -0.2) is 0 Å². The predicted molar refractivity (Wildman–Crippen MR) is 86.0 cm³/mol. The normalized spacial score (nSPS) is 12.1. The van der Waals surface area contributed by atoms with Crippen molar-refractivity contribution in [2.24, 2.45) is 5.92 Å². The summed E-state index contributed by atoms with van der Waals surface area (Å²) in [7, 11) is 0. The quantitative estimate of drug-likeness (QED) is 0.468. The highest BCUT2D eigenvalue weighted by atomic mass is 79.9.